The van der Waals surface area contributed by atoms with E-state index in [4.69, 9.17) is 4.74 Å². The van der Waals surface area contributed by atoms with Crippen molar-refractivity contribution in [2.45, 2.75) is 38.7 Å². The molecular formula is C10H14O3. The third-order valence-corrected chi connectivity index (χ3v) is 1.94. The smallest absolute Gasteiger partial charge is 0.313 e. The van der Waals surface area contributed by atoms with Gasteiger partial charge in [-0.1, -0.05) is 6.08 Å². The summed E-state index contributed by atoms with van der Waals surface area (Å²) in [5.74, 6) is -0.580. The highest BCUT2D eigenvalue weighted by Crippen LogP contribution is 2.08. The van der Waals surface area contributed by atoms with Crippen LogP contribution in [0, 0.1) is 0 Å². The molecule has 1 heterocycles. The summed E-state index contributed by atoms with van der Waals surface area (Å²) in [7, 11) is 0. The summed E-state index contributed by atoms with van der Waals surface area (Å²) in [5, 5.41) is 0. The molecule has 0 spiro atoms. The van der Waals surface area contributed by atoms with Crippen LogP contribution in [0.2, 0.25) is 0 Å². The van der Waals surface area contributed by atoms with Crippen LogP contribution in [0.4, 0.5) is 0 Å². The lowest BCUT2D eigenvalue weighted by Crippen LogP contribution is -2.17. The van der Waals surface area contributed by atoms with Gasteiger partial charge in [-0.25, -0.2) is 0 Å². The van der Waals surface area contributed by atoms with Gasteiger partial charge in [-0.15, -0.1) is 0 Å². The van der Waals surface area contributed by atoms with E-state index in [9.17, 15) is 9.59 Å². The van der Waals surface area contributed by atoms with Crippen LogP contribution < -0.4 is 0 Å². The lowest BCUT2D eigenvalue weighted by atomic mass is 10.1. The van der Waals surface area contributed by atoms with Gasteiger partial charge < -0.3 is 4.74 Å². The third-order valence-electron chi connectivity index (χ3n) is 1.94. The molecule has 1 aliphatic heterocycles. The fourth-order valence-corrected chi connectivity index (χ4v) is 1.26. The molecular weight excluding hydrogens is 168 g/mol. The SMILES string of the molecule is CC1CCCC=CC(=O)CC(=O)O1. The number of carbonyl (C=O) groups excluding carboxylic acids is 2. The predicted molar refractivity (Wildman–Crippen MR) is 48.2 cm³/mol. The van der Waals surface area contributed by atoms with Crippen LogP contribution >= 0.6 is 0 Å². The zero-order valence-corrected chi connectivity index (χ0v) is 7.79. The molecule has 0 saturated heterocycles. The van der Waals surface area contributed by atoms with Gasteiger partial charge in [0, 0.05) is 0 Å². The Hall–Kier alpha value is -1.12. The fraction of sp³-hybridized carbons (Fsp3) is 0.600. The molecule has 1 unspecified atom stereocenters. The quantitative estimate of drug-likeness (QED) is 0.422. The standard InChI is InChI=1S/C10H14O3/c1-8-5-3-2-4-6-9(11)7-10(12)13-8/h4,6,8H,2-3,5,7H2,1H3. The van der Waals surface area contributed by atoms with E-state index in [1.165, 1.54) is 6.08 Å². The number of allylic oxidation sites excluding steroid dienone is 2. The van der Waals surface area contributed by atoms with Crippen molar-refractivity contribution in [3.63, 3.8) is 0 Å². The maximum Gasteiger partial charge on any atom is 0.313 e. The van der Waals surface area contributed by atoms with Crippen molar-refractivity contribution in [2.24, 2.45) is 0 Å². The number of hydrogen-bond acceptors (Lipinski definition) is 3. The van der Waals surface area contributed by atoms with Crippen molar-refractivity contribution >= 4 is 11.8 Å². The zero-order valence-electron chi connectivity index (χ0n) is 7.79. The van der Waals surface area contributed by atoms with E-state index in [1.54, 1.807) is 0 Å². The van der Waals surface area contributed by atoms with Gasteiger partial charge in [0.1, 0.15) is 6.42 Å². The third kappa shape index (κ3) is 3.87. The molecule has 0 N–H and O–H groups in total. The van der Waals surface area contributed by atoms with E-state index >= 15 is 0 Å². The first-order valence-electron chi connectivity index (χ1n) is 4.57. The zero-order chi connectivity index (χ0) is 9.68. The van der Waals surface area contributed by atoms with Crippen molar-refractivity contribution < 1.29 is 14.3 Å². The van der Waals surface area contributed by atoms with Gasteiger partial charge in [-0.2, -0.15) is 0 Å². The van der Waals surface area contributed by atoms with Gasteiger partial charge in [0.15, 0.2) is 5.78 Å². The molecule has 3 nitrogen and oxygen atoms in total. The first-order chi connectivity index (χ1) is 6.18. The lowest BCUT2D eigenvalue weighted by Gasteiger charge is -2.12. The minimum absolute atomic E-state index is 0.0631. The second kappa shape index (κ2) is 4.80. The highest BCUT2D eigenvalue weighted by atomic mass is 16.5. The predicted octanol–water partition coefficient (Wildman–Crippen LogP) is 1.62. The highest BCUT2D eigenvalue weighted by Gasteiger charge is 2.13. The molecule has 0 radical (unpaired) electrons. The van der Waals surface area contributed by atoms with Gasteiger partial charge in [-0.3, -0.25) is 9.59 Å². The Morgan fingerprint density at radius 3 is 3.00 bits per heavy atom. The second-order valence-electron chi connectivity index (χ2n) is 3.28. The Morgan fingerprint density at radius 2 is 2.23 bits per heavy atom. The molecule has 72 valence electrons. The molecule has 0 aliphatic carbocycles. The van der Waals surface area contributed by atoms with Crippen molar-refractivity contribution in [3.8, 4) is 0 Å². The van der Waals surface area contributed by atoms with Gasteiger partial charge in [0.25, 0.3) is 0 Å². The molecule has 3 heteroatoms. The number of rotatable bonds is 0. The van der Waals surface area contributed by atoms with Gasteiger partial charge in [0.05, 0.1) is 6.10 Å². The molecule has 1 rings (SSSR count). The van der Waals surface area contributed by atoms with Crippen LogP contribution in [-0.2, 0) is 14.3 Å². The van der Waals surface area contributed by atoms with Crippen LogP contribution in [0.15, 0.2) is 12.2 Å². The van der Waals surface area contributed by atoms with Crippen LogP contribution in [0.1, 0.15) is 32.6 Å². The van der Waals surface area contributed by atoms with Crippen molar-refractivity contribution in [2.75, 3.05) is 0 Å². The van der Waals surface area contributed by atoms with E-state index in [0.717, 1.165) is 19.3 Å². The molecule has 0 amide bonds. The van der Waals surface area contributed by atoms with E-state index in [2.05, 4.69) is 0 Å². The normalized spacial score (nSPS) is 25.5. The molecule has 0 saturated carbocycles. The Morgan fingerprint density at radius 1 is 1.46 bits per heavy atom. The topological polar surface area (TPSA) is 43.4 Å². The molecule has 1 aliphatic rings. The van der Waals surface area contributed by atoms with Crippen molar-refractivity contribution in [1.82, 2.24) is 0 Å². The van der Waals surface area contributed by atoms with Crippen LogP contribution in [0.3, 0.4) is 0 Å². The Labute approximate surface area is 77.8 Å². The monoisotopic (exact) mass is 182 g/mol. The van der Waals surface area contributed by atoms with Gasteiger partial charge in [0.2, 0.25) is 0 Å². The summed E-state index contributed by atoms with van der Waals surface area (Å²) >= 11 is 0. The van der Waals surface area contributed by atoms with E-state index in [-0.39, 0.29) is 18.3 Å². The molecule has 0 bridgehead atoms. The highest BCUT2D eigenvalue weighted by molar-refractivity contribution is 6.01. The van der Waals surface area contributed by atoms with Crippen molar-refractivity contribution in [3.05, 3.63) is 12.2 Å². The average molecular weight is 182 g/mol. The maximum absolute atomic E-state index is 11.0. The summed E-state index contributed by atoms with van der Waals surface area (Å²) < 4.78 is 5.00. The molecule has 1 atom stereocenters. The summed E-state index contributed by atoms with van der Waals surface area (Å²) in [6.07, 6.45) is 5.81. The molecule has 0 fully saturated rings. The second-order valence-corrected chi connectivity index (χ2v) is 3.28. The first-order valence-corrected chi connectivity index (χ1v) is 4.57. The number of hydrogen-bond donors (Lipinski definition) is 0. The molecule has 0 aromatic rings. The number of cyclic esters (lactones) is 1. The largest absolute Gasteiger partial charge is 0.462 e. The minimum Gasteiger partial charge on any atom is -0.462 e. The van der Waals surface area contributed by atoms with E-state index in [1.807, 2.05) is 13.0 Å². The summed E-state index contributed by atoms with van der Waals surface area (Å²) in [5.41, 5.74) is 0. The number of carbonyl (C=O) groups is 2. The molecule has 13 heavy (non-hydrogen) atoms. The Bertz CT molecular complexity index is 230. The fourth-order valence-electron chi connectivity index (χ4n) is 1.26. The summed E-state index contributed by atoms with van der Waals surface area (Å²) in [4.78, 5) is 22.1. The van der Waals surface area contributed by atoms with Crippen LogP contribution in [-0.4, -0.2) is 17.9 Å². The van der Waals surface area contributed by atoms with E-state index in [0.29, 0.717) is 0 Å². The first kappa shape index (κ1) is 9.96. The van der Waals surface area contributed by atoms with Crippen molar-refractivity contribution in [1.29, 1.82) is 0 Å². The number of ether oxygens (including phenoxy) is 1. The van der Waals surface area contributed by atoms with Gasteiger partial charge >= 0.3 is 5.97 Å². The number of esters is 1. The summed E-state index contributed by atoms with van der Waals surface area (Å²) in [6, 6.07) is 0. The molecule has 0 aromatic heterocycles. The Kier molecular flexibility index (Phi) is 3.68. The summed E-state index contributed by atoms with van der Waals surface area (Å²) in [6.45, 7) is 1.85. The molecule has 0 aromatic carbocycles. The number of ketones is 1. The van der Waals surface area contributed by atoms with E-state index < -0.39 is 5.97 Å². The minimum atomic E-state index is -0.413. The van der Waals surface area contributed by atoms with Crippen LogP contribution in [0.5, 0.6) is 0 Å². The average Bonchev–Trinajstić information content (AvgIpc) is 2.02. The lowest BCUT2D eigenvalue weighted by molar-refractivity contribution is -0.149. The van der Waals surface area contributed by atoms with Gasteiger partial charge in [-0.05, 0) is 32.3 Å². The van der Waals surface area contributed by atoms with Crippen LogP contribution in [0.25, 0.3) is 0 Å². The maximum atomic E-state index is 11.0. The Balaban J connectivity index is 2.56.